The monoisotopic (exact) mass is 170 g/mol. The predicted molar refractivity (Wildman–Crippen MR) is 44.6 cm³/mol. The zero-order valence-corrected chi connectivity index (χ0v) is 7.70. The van der Waals surface area contributed by atoms with Crippen LogP contribution < -0.4 is 0 Å². The van der Waals surface area contributed by atoms with Crippen LogP contribution in [0.2, 0.25) is 0 Å². The quantitative estimate of drug-likeness (QED) is 0.580. The fourth-order valence-electron chi connectivity index (χ4n) is 1.28. The molecular formula is C8H14N2O2. The standard InChI is InChI=1S/C8H14N2O2/c1-6(2)10-7(11)4-5-9(3)8(10)12/h6H,4-5H2,1-3H3. The number of hydrogen-bond acceptors (Lipinski definition) is 2. The largest absolute Gasteiger partial charge is 0.327 e. The first-order valence-corrected chi connectivity index (χ1v) is 4.11. The van der Waals surface area contributed by atoms with Crippen LogP contribution in [0.5, 0.6) is 0 Å². The Bertz CT molecular complexity index is 213. The first-order valence-electron chi connectivity index (χ1n) is 4.11. The molecule has 0 aliphatic carbocycles. The van der Waals surface area contributed by atoms with E-state index in [1.807, 2.05) is 13.8 Å². The van der Waals surface area contributed by atoms with Gasteiger partial charge in [-0.2, -0.15) is 0 Å². The number of carbonyl (C=O) groups is 2. The van der Waals surface area contributed by atoms with Crippen molar-refractivity contribution in [2.45, 2.75) is 26.3 Å². The highest BCUT2D eigenvalue weighted by atomic mass is 16.2. The van der Waals surface area contributed by atoms with Crippen molar-refractivity contribution in [3.05, 3.63) is 0 Å². The second-order valence-corrected chi connectivity index (χ2v) is 3.31. The third kappa shape index (κ3) is 1.42. The van der Waals surface area contributed by atoms with Gasteiger partial charge in [0.05, 0.1) is 0 Å². The molecule has 0 aromatic heterocycles. The Kier molecular flexibility index (Phi) is 2.35. The SMILES string of the molecule is CC(C)N1C(=O)CCN(C)C1=O. The molecule has 0 aromatic carbocycles. The average Bonchev–Trinajstić information content (AvgIpc) is 1.97. The fourth-order valence-corrected chi connectivity index (χ4v) is 1.28. The number of amides is 3. The lowest BCUT2D eigenvalue weighted by molar-refractivity contribution is -0.132. The maximum atomic E-state index is 11.4. The molecule has 1 heterocycles. The van der Waals surface area contributed by atoms with Crippen LogP contribution in [0, 0.1) is 0 Å². The molecule has 68 valence electrons. The van der Waals surface area contributed by atoms with Crippen molar-refractivity contribution in [2.24, 2.45) is 0 Å². The van der Waals surface area contributed by atoms with Gasteiger partial charge < -0.3 is 4.90 Å². The van der Waals surface area contributed by atoms with Gasteiger partial charge in [0.25, 0.3) is 0 Å². The molecule has 1 rings (SSSR count). The number of urea groups is 1. The summed E-state index contributed by atoms with van der Waals surface area (Å²) in [4.78, 5) is 25.6. The lowest BCUT2D eigenvalue weighted by Gasteiger charge is -2.34. The maximum Gasteiger partial charge on any atom is 0.326 e. The summed E-state index contributed by atoms with van der Waals surface area (Å²) in [6, 6.07) is -0.214. The summed E-state index contributed by atoms with van der Waals surface area (Å²) in [6.07, 6.45) is 0.445. The highest BCUT2D eigenvalue weighted by Gasteiger charge is 2.31. The zero-order valence-electron chi connectivity index (χ0n) is 7.70. The van der Waals surface area contributed by atoms with Crippen molar-refractivity contribution in [2.75, 3.05) is 13.6 Å². The first kappa shape index (κ1) is 9.03. The smallest absolute Gasteiger partial charge is 0.326 e. The molecule has 3 amide bonds. The van der Waals surface area contributed by atoms with Gasteiger partial charge in [-0.25, -0.2) is 4.79 Å². The van der Waals surface area contributed by atoms with Crippen molar-refractivity contribution in [1.82, 2.24) is 9.80 Å². The summed E-state index contributed by atoms with van der Waals surface area (Å²) >= 11 is 0. The van der Waals surface area contributed by atoms with Crippen molar-refractivity contribution in [3.8, 4) is 0 Å². The summed E-state index contributed by atoms with van der Waals surface area (Å²) in [7, 11) is 1.71. The maximum absolute atomic E-state index is 11.4. The number of rotatable bonds is 1. The molecule has 1 saturated heterocycles. The number of hydrogen-bond donors (Lipinski definition) is 0. The molecule has 0 bridgehead atoms. The van der Waals surface area contributed by atoms with Gasteiger partial charge >= 0.3 is 6.03 Å². The van der Waals surface area contributed by atoms with Gasteiger partial charge in [0.2, 0.25) is 5.91 Å². The Morgan fingerprint density at radius 3 is 2.33 bits per heavy atom. The zero-order chi connectivity index (χ0) is 9.30. The van der Waals surface area contributed by atoms with E-state index in [-0.39, 0.29) is 18.0 Å². The van der Waals surface area contributed by atoms with E-state index in [2.05, 4.69) is 0 Å². The minimum Gasteiger partial charge on any atom is -0.327 e. The molecule has 4 nitrogen and oxygen atoms in total. The molecule has 1 aliphatic rings. The molecule has 12 heavy (non-hydrogen) atoms. The van der Waals surface area contributed by atoms with Crippen LogP contribution in [0.1, 0.15) is 20.3 Å². The third-order valence-corrected chi connectivity index (χ3v) is 1.98. The van der Waals surface area contributed by atoms with E-state index in [4.69, 9.17) is 0 Å². The van der Waals surface area contributed by atoms with Gasteiger partial charge in [-0.05, 0) is 13.8 Å². The first-order chi connectivity index (χ1) is 5.54. The van der Waals surface area contributed by atoms with Gasteiger partial charge in [-0.1, -0.05) is 0 Å². The van der Waals surface area contributed by atoms with Gasteiger partial charge in [-0.3, -0.25) is 9.69 Å². The second kappa shape index (κ2) is 3.13. The second-order valence-electron chi connectivity index (χ2n) is 3.31. The molecule has 4 heteroatoms. The molecular weight excluding hydrogens is 156 g/mol. The fraction of sp³-hybridized carbons (Fsp3) is 0.750. The normalized spacial score (nSPS) is 19.3. The summed E-state index contributed by atoms with van der Waals surface area (Å²) < 4.78 is 0. The number of nitrogens with zero attached hydrogens (tertiary/aromatic N) is 2. The summed E-state index contributed by atoms with van der Waals surface area (Å²) in [6.45, 7) is 4.23. The van der Waals surface area contributed by atoms with Crippen LogP contribution in [0.15, 0.2) is 0 Å². The van der Waals surface area contributed by atoms with Crippen LogP contribution in [0.4, 0.5) is 4.79 Å². The topological polar surface area (TPSA) is 40.6 Å². The molecule has 0 unspecified atom stereocenters. The van der Waals surface area contributed by atoms with E-state index in [9.17, 15) is 9.59 Å². The third-order valence-electron chi connectivity index (χ3n) is 1.98. The van der Waals surface area contributed by atoms with E-state index < -0.39 is 0 Å². The molecule has 0 N–H and O–H groups in total. The Morgan fingerprint density at radius 2 is 1.92 bits per heavy atom. The Morgan fingerprint density at radius 1 is 1.33 bits per heavy atom. The molecule has 1 aliphatic heterocycles. The molecule has 0 atom stereocenters. The van der Waals surface area contributed by atoms with Gasteiger partial charge in [0.15, 0.2) is 0 Å². The van der Waals surface area contributed by atoms with E-state index in [1.165, 1.54) is 4.90 Å². The van der Waals surface area contributed by atoms with Crippen LogP contribution in [0.3, 0.4) is 0 Å². The average molecular weight is 170 g/mol. The highest BCUT2D eigenvalue weighted by Crippen LogP contribution is 2.11. The van der Waals surface area contributed by atoms with Crippen LogP contribution in [-0.4, -0.2) is 41.4 Å². The lowest BCUT2D eigenvalue weighted by Crippen LogP contribution is -2.53. The van der Waals surface area contributed by atoms with Crippen molar-refractivity contribution in [1.29, 1.82) is 0 Å². The van der Waals surface area contributed by atoms with Crippen LogP contribution >= 0.6 is 0 Å². The highest BCUT2D eigenvalue weighted by molar-refractivity contribution is 5.96. The predicted octanol–water partition coefficient (Wildman–Crippen LogP) is 0.679. The van der Waals surface area contributed by atoms with E-state index in [0.29, 0.717) is 13.0 Å². The molecule has 0 spiro atoms. The summed E-state index contributed by atoms with van der Waals surface area (Å²) in [5, 5.41) is 0. The Hall–Kier alpha value is -1.06. The number of imide groups is 1. The van der Waals surface area contributed by atoms with Crippen molar-refractivity contribution >= 4 is 11.9 Å². The van der Waals surface area contributed by atoms with Crippen LogP contribution in [0.25, 0.3) is 0 Å². The van der Waals surface area contributed by atoms with E-state index in [0.717, 1.165) is 0 Å². The Balaban J connectivity index is 2.79. The van der Waals surface area contributed by atoms with Crippen molar-refractivity contribution < 1.29 is 9.59 Å². The van der Waals surface area contributed by atoms with Crippen LogP contribution in [-0.2, 0) is 4.79 Å². The number of carbonyl (C=O) groups excluding carboxylic acids is 2. The minimum atomic E-state index is -0.179. The van der Waals surface area contributed by atoms with E-state index in [1.54, 1.807) is 11.9 Å². The lowest BCUT2D eigenvalue weighted by atomic mass is 10.2. The van der Waals surface area contributed by atoms with Gasteiger partial charge in [0, 0.05) is 26.1 Å². The van der Waals surface area contributed by atoms with Gasteiger partial charge in [-0.15, -0.1) is 0 Å². The molecule has 0 saturated carbocycles. The molecule has 1 fully saturated rings. The van der Waals surface area contributed by atoms with Gasteiger partial charge in [0.1, 0.15) is 0 Å². The molecule has 0 aromatic rings. The summed E-state index contributed by atoms with van der Waals surface area (Å²) in [5.41, 5.74) is 0. The molecule has 0 radical (unpaired) electrons. The van der Waals surface area contributed by atoms with E-state index >= 15 is 0 Å². The minimum absolute atomic E-state index is 0.0345. The Labute approximate surface area is 72.1 Å². The summed E-state index contributed by atoms with van der Waals surface area (Å²) in [5.74, 6) is -0.0619. The van der Waals surface area contributed by atoms with Crippen molar-refractivity contribution in [3.63, 3.8) is 0 Å².